The van der Waals surface area contributed by atoms with Gasteiger partial charge < -0.3 is 15.4 Å². The first-order valence-electron chi connectivity index (χ1n) is 6.69. The molecular formula is C13H28N2O. The Hall–Kier alpha value is -0.120. The molecule has 16 heavy (non-hydrogen) atoms. The molecule has 1 fully saturated rings. The minimum Gasteiger partial charge on any atom is -0.376 e. The third-order valence-corrected chi connectivity index (χ3v) is 3.69. The molecular weight excluding hydrogens is 200 g/mol. The predicted molar refractivity (Wildman–Crippen MR) is 68.5 cm³/mol. The van der Waals surface area contributed by atoms with Gasteiger partial charge in [-0.1, -0.05) is 19.8 Å². The first-order chi connectivity index (χ1) is 7.67. The second kappa shape index (κ2) is 7.25. The number of hydrogen-bond acceptors (Lipinski definition) is 3. The third kappa shape index (κ3) is 4.40. The molecule has 2 N–H and O–H groups in total. The Morgan fingerprint density at radius 1 is 1.44 bits per heavy atom. The van der Waals surface area contributed by atoms with Crippen molar-refractivity contribution in [1.29, 1.82) is 0 Å². The van der Waals surface area contributed by atoms with Gasteiger partial charge in [0.1, 0.15) is 0 Å². The van der Waals surface area contributed by atoms with Crippen LogP contribution in [-0.4, -0.2) is 43.8 Å². The number of nitrogens with two attached hydrogens (primary N) is 1. The summed E-state index contributed by atoms with van der Waals surface area (Å²) in [6.07, 6.45) is 5.64. The summed E-state index contributed by atoms with van der Waals surface area (Å²) >= 11 is 0. The summed E-state index contributed by atoms with van der Waals surface area (Å²) in [6, 6.07) is 0.734. The second-order valence-electron chi connectivity index (χ2n) is 5.18. The molecule has 1 aliphatic carbocycles. The average molecular weight is 228 g/mol. The molecule has 0 aliphatic heterocycles. The highest BCUT2D eigenvalue weighted by Crippen LogP contribution is 2.26. The van der Waals surface area contributed by atoms with Gasteiger partial charge >= 0.3 is 0 Å². The van der Waals surface area contributed by atoms with E-state index in [4.69, 9.17) is 10.5 Å². The van der Waals surface area contributed by atoms with Crippen molar-refractivity contribution < 1.29 is 4.74 Å². The molecule has 0 aromatic rings. The first kappa shape index (κ1) is 13.9. The van der Waals surface area contributed by atoms with Crippen molar-refractivity contribution >= 4 is 0 Å². The van der Waals surface area contributed by atoms with Gasteiger partial charge in [-0.3, -0.25) is 0 Å². The second-order valence-corrected chi connectivity index (χ2v) is 5.18. The summed E-state index contributed by atoms with van der Waals surface area (Å²) in [5.41, 5.74) is 5.71. The maximum Gasteiger partial charge on any atom is 0.0823 e. The van der Waals surface area contributed by atoms with Gasteiger partial charge in [0.2, 0.25) is 0 Å². The van der Waals surface area contributed by atoms with E-state index in [0.717, 1.165) is 25.1 Å². The fraction of sp³-hybridized carbons (Fsp3) is 1.00. The number of hydrogen-bond donors (Lipinski definition) is 1. The summed E-state index contributed by atoms with van der Waals surface area (Å²) < 4.78 is 5.61. The number of nitrogens with zero attached hydrogens (tertiary/aromatic N) is 1. The van der Waals surface area contributed by atoms with Crippen LogP contribution < -0.4 is 5.73 Å². The molecule has 0 saturated heterocycles. The van der Waals surface area contributed by atoms with Crippen LogP contribution in [0.2, 0.25) is 0 Å². The van der Waals surface area contributed by atoms with Crippen LogP contribution in [0, 0.1) is 5.92 Å². The van der Waals surface area contributed by atoms with E-state index >= 15 is 0 Å². The van der Waals surface area contributed by atoms with Crippen molar-refractivity contribution in [1.82, 2.24) is 4.90 Å². The molecule has 3 nitrogen and oxygen atoms in total. The smallest absolute Gasteiger partial charge is 0.0823 e. The zero-order valence-electron chi connectivity index (χ0n) is 11.1. The number of rotatable bonds is 6. The summed E-state index contributed by atoms with van der Waals surface area (Å²) in [5, 5.41) is 0. The maximum absolute atomic E-state index is 5.71. The molecule has 1 aliphatic rings. The van der Waals surface area contributed by atoms with Crippen LogP contribution in [0.4, 0.5) is 0 Å². The van der Waals surface area contributed by atoms with E-state index in [1.165, 1.54) is 25.7 Å². The van der Waals surface area contributed by atoms with Gasteiger partial charge in [0.05, 0.1) is 6.10 Å². The van der Waals surface area contributed by atoms with E-state index in [9.17, 15) is 0 Å². The Morgan fingerprint density at radius 2 is 2.19 bits per heavy atom. The molecule has 3 unspecified atom stereocenters. The predicted octanol–water partition coefficient (Wildman–Crippen LogP) is 1.86. The number of ether oxygens (including phenoxy) is 1. The quantitative estimate of drug-likeness (QED) is 0.754. The van der Waals surface area contributed by atoms with Crippen LogP contribution in [0.3, 0.4) is 0 Å². The van der Waals surface area contributed by atoms with Gasteiger partial charge in [-0.05, 0) is 32.7 Å². The summed E-state index contributed by atoms with van der Waals surface area (Å²) in [4.78, 5) is 2.45. The molecule has 96 valence electrons. The zero-order chi connectivity index (χ0) is 12.0. The Bertz CT molecular complexity index is 187. The fourth-order valence-corrected chi connectivity index (χ4v) is 2.70. The Morgan fingerprint density at radius 3 is 2.75 bits per heavy atom. The highest BCUT2D eigenvalue weighted by atomic mass is 16.5. The Kier molecular flexibility index (Phi) is 6.32. The van der Waals surface area contributed by atoms with Crippen LogP contribution in [0.1, 0.15) is 39.5 Å². The molecule has 0 aromatic carbocycles. The van der Waals surface area contributed by atoms with Crippen molar-refractivity contribution in [2.24, 2.45) is 11.7 Å². The van der Waals surface area contributed by atoms with Crippen molar-refractivity contribution in [2.45, 2.75) is 51.7 Å². The number of likely N-dealkylation sites (N-methyl/N-ethyl adjacent to an activating group) is 1. The monoisotopic (exact) mass is 228 g/mol. The molecule has 0 spiro atoms. The van der Waals surface area contributed by atoms with Crippen molar-refractivity contribution in [3.05, 3.63) is 0 Å². The van der Waals surface area contributed by atoms with E-state index in [1.807, 2.05) is 6.92 Å². The normalized spacial score (nSPS) is 28.3. The van der Waals surface area contributed by atoms with Crippen molar-refractivity contribution in [2.75, 3.05) is 26.7 Å². The van der Waals surface area contributed by atoms with E-state index < -0.39 is 0 Å². The SMILES string of the molecule is CCOC(CN)CN(C)C1CCCC(C)C1. The lowest BCUT2D eigenvalue weighted by atomic mass is 9.86. The molecule has 0 amide bonds. The van der Waals surface area contributed by atoms with Gasteiger partial charge in [0.25, 0.3) is 0 Å². The molecule has 3 heteroatoms. The van der Waals surface area contributed by atoms with Crippen LogP contribution in [0.15, 0.2) is 0 Å². The lowest BCUT2D eigenvalue weighted by molar-refractivity contribution is 0.0278. The first-order valence-corrected chi connectivity index (χ1v) is 6.69. The van der Waals surface area contributed by atoms with Crippen LogP contribution in [0.25, 0.3) is 0 Å². The van der Waals surface area contributed by atoms with E-state index in [2.05, 4.69) is 18.9 Å². The van der Waals surface area contributed by atoms with E-state index in [1.54, 1.807) is 0 Å². The average Bonchev–Trinajstić information content (AvgIpc) is 2.28. The molecule has 0 bridgehead atoms. The van der Waals surface area contributed by atoms with Gasteiger partial charge in [-0.2, -0.15) is 0 Å². The minimum atomic E-state index is 0.201. The standard InChI is InChI=1S/C13H28N2O/c1-4-16-13(9-14)10-15(3)12-7-5-6-11(2)8-12/h11-13H,4-10,14H2,1-3H3. The lowest BCUT2D eigenvalue weighted by Gasteiger charge is -2.35. The van der Waals surface area contributed by atoms with Crippen molar-refractivity contribution in [3.63, 3.8) is 0 Å². The Labute approximate surface area is 100 Å². The van der Waals surface area contributed by atoms with Crippen LogP contribution in [-0.2, 0) is 4.74 Å². The van der Waals surface area contributed by atoms with Gasteiger partial charge in [-0.25, -0.2) is 0 Å². The molecule has 0 heterocycles. The molecule has 0 radical (unpaired) electrons. The topological polar surface area (TPSA) is 38.5 Å². The highest BCUT2D eigenvalue weighted by Gasteiger charge is 2.23. The minimum absolute atomic E-state index is 0.201. The van der Waals surface area contributed by atoms with Crippen molar-refractivity contribution in [3.8, 4) is 0 Å². The highest BCUT2D eigenvalue weighted by molar-refractivity contribution is 4.78. The third-order valence-electron chi connectivity index (χ3n) is 3.69. The largest absolute Gasteiger partial charge is 0.376 e. The molecule has 0 aromatic heterocycles. The fourth-order valence-electron chi connectivity index (χ4n) is 2.70. The van der Waals surface area contributed by atoms with Crippen LogP contribution >= 0.6 is 0 Å². The molecule has 1 rings (SSSR count). The van der Waals surface area contributed by atoms with Gasteiger partial charge in [-0.15, -0.1) is 0 Å². The summed E-state index contributed by atoms with van der Waals surface area (Å²) in [5.74, 6) is 0.879. The summed E-state index contributed by atoms with van der Waals surface area (Å²) in [7, 11) is 2.21. The Balaban J connectivity index is 2.34. The van der Waals surface area contributed by atoms with E-state index in [-0.39, 0.29) is 6.10 Å². The molecule has 1 saturated carbocycles. The zero-order valence-corrected chi connectivity index (χ0v) is 11.1. The summed E-state index contributed by atoms with van der Waals surface area (Å²) in [6.45, 7) is 6.76. The van der Waals surface area contributed by atoms with Gasteiger partial charge in [0, 0.05) is 25.7 Å². The lowest BCUT2D eigenvalue weighted by Crippen LogP contribution is -2.43. The molecule has 3 atom stereocenters. The van der Waals surface area contributed by atoms with E-state index in [0.29, 0.717) is 6.54 Å². The van der Waals surface area contributed by atoms with Crippen LogP contribution in [0.5, 0.6) is 0 Å². The maximum atomic E-state index is 5.71. The van der Waals surface area contributed by atoms with Gasteiger partial charge in [0.15, 0.2) is 0 Å².